The Hall–Kier alpha value is -2.62. The normalized spacial score (nSPS) is 12.3. The maximum absolute atomic E-state index is 13.3. The second-order valence-corrected chi connectivity index (χ2v) is 8.65. The van der Waals surface area contributed by atoms with Crippen molar-refractivity contribution in [3.05, 3.63) is 71.3 Å². The lowest BCUT2D eigenvalue weighted by atomic mass is 10.0. The van der Waals surface area contributed by atoms with E-state index < -0.39 is 6.04 Å². The molecule has 0 bridgehead atoms. The van der Waals surface area contributed by atoms with Crippen LogP contribution in [0.2, 0.25) is 0 Å². The summed E-state index contributed by atoms with van der Waals surface area (Å²) in [5.74, 6) is -0.104. The first-order chi connectivity index (χ1) is 13.7. The van der Waals surface area contributed by atoms with E-state index in [1.165, 1.54) is 0 Å². The molecule has 0 unspecified atom stereocenters. The van der Waals surface area contributed by atoms with Gasteiger partial charge in [0.15, 0.2) is 0 Å². The van der Waals surface area contributed by atoms with Crippen LogP contribution in [0.15, 0.2) is 54.6 Å². The number of nitrogens with one attached hydrogen (secondary N) is 1. The number of carbonyl (C=O) groups excluding carboxylic acids is 2. The zero-order valence-corrected chi connectivity index (χ0v) is 18.4. The zero-order chi connectivity index (χ0) is 21.4. The number of aryl methyl sites for hydroxylation is 1. The highest BCUT2D eigenvalue weighted by Gasteiger charge is 2.30. The lowest BCUT2D eigenvalue weighted by Crippen LogP contribution is -2.54. The summed E-state index contributed by atoms with van der Waals surface area (Å²) in [6.07, 6.45) is 1.60. The van der Waals surface area contributed by atoms with Crippen LogP contribution in [-0.4, -0.2) is 34.8 Å². The van der Waals surface area contributed by atoms with Crippen molar-refractivity contribution in [3.8, 4) is 0 Å². The molecule has 156 valence electrons. The van der Waals surface area contributed by atoms with Crippen LogP contribution < -0.4 is 5.32 Å². The van der Waals surface area contributed by atoms with Crippen LogP contribution in [0.1, 0.15) is 50.8 Å². The summed E-state index contributed by atoms with van der Waals surface area (Å²) >= 11 is 0. The van der Waals surface area contributed by atoms with E-state index >= 15 is 0 Å². The molecule has 0 fully saturated rings. The molecule has 0 saturated carbocycles. The smallest absolute Gasteiger partial charge is 0.243 e. The molecule has 0 saturated heterocycles. The number of amides is 2. The molecule has 0 aromatic heterocycles. The monoisotopic (exact) mass is 394 g/mol. The predicted molar refractivity (Wildman–Crippen MR) is 119 cm³/mol. The van der Waals surface area contributed by atoms with Crippen molar-refractivity contribution in [3.63, 3.8) is 0 Å². The Morgan fingerprint density at radius 1 is 1.00 bits per heavy atom. The third kappa shape index (κ3) is 7.37. The summed E-state index contributed by atoms with van der Waals surface area (Å²) in [6.45, 7) is 10.4. The molecule has 4 nitrogen and oxygen atoms in total. The molecule has 2 aromatic rings. The average Bonchev–Trinajstić information content (AvgIpc) is 2.64. The van der Waals surface area contributed by atoms with Gasteiger partial charge in [-0.05, 0) is 51.7 Å². The first-order valence-corrected chi connectivity index (χ1v) is 10.4. The van der Waals surface area contributed by atoms with Crippen LogP contribution in [0.5, 0.6) is 0 Å². The van der Waals surface area contributed by atoms with Crippen molar-refractivity contribution in [2.75, 3.05) is 6.54 Å². The maximum Gasteiger partial charge on any atom is 0.243 e. The lowest BCUT2D eigenvalue weighted by molar-refractivity contribution is -0.140. The lowest BCUT2D eigenvalue weighted by Gasteiger charge is -2.33. The predicted octanol–water partition coefficient (Wildman–Crippen LogP) is 4.30. The van der Waals surface area contributed by atoms with Gasteiger partial charge >= 0.3 is 0 Å². The number of nitrogens with zero attached hydrogens (tertiary/aromatic N) is 1. The molecule has 1 atom stereocenters. The number of hydrogen-bond donors (Lipinski definition) is 1. The summed E-state index contributed by atoms with van der Waals surface area (Å²) in [6, 6.07) is 17.6. The molecule has 0 spiro atoms. The van der Waals surface area contributed by atoms with E-state index in [4.69, 9.17) is 0 Å². The molecule has 4 heteroatoms. The van der Waals surface area contributed by atoms with Crippen LogP contribution in [0.4, 0.5) is 0 Å². The highest BCUT2D eigenvalue weighted by Crippen LogP contribution is 2.14. The second kappa shape index (κ2) is 10.2. The molecular weight excluding hydrogens is 360 g/mol. The first kappa shape index (κ1) is 22.7. The summed E-state index contributed by atoms with van der Waals surface area (Å²) in [5, 5.41) is 3.04. The zero-order valence-electron chi connectivity index (χ0n) is 18.4. The van der Waals surface area contributed by atoms with E-state index in [0.29, 0.717) is 19.4 Å². The van der Waals surface area contributed by atoms with Gasteiger partial charge in [0, 0.05) is 12.1 Å². The molecule has 0 heterocycles. The first-order valence-electron chi connectivity index (χ1n) is 10.4. The van der Waals surface area contributed by atoms with Gasteiger partial charge in [0.1, 0.15) is 6.04 Å². The largest absolute Gasteiger partial charge is 0.350 e. The van der Waals surface area contributed by atoms with Crippen LogP contribution >= 0.6 is 0 Å². The van der Waals surface area contributed by atoms with Gasteiger partial charge in [0.25, 0.3) is 0 Å². The van der Waals surface area contributed by atoms with Crippen LogP contribution in [0.3, 0.4) is 0 Å². The molecule has 0 aliphatic rings. The van der Waals surface area contributed by atoms with E-state index in [1.54, 1.807) is 4.90 Å². The van der Waals surface area contributed by atoms with Crippen molar-refractivity contribution < 1.29 is 9.59 Å². The summed E-state index contributed by atoms with van der Waals surface area (Å²) in [5.41, 5.74) is 2.93. The average molecular weight is 395 g/mol. The number of rotatable bonds is 8. The maximum atomic E-state index is 13.3. The molecule has 29 heavy (non-hydrogen) atoms. The van der Waals surface area contributed by atoms with Gasteiger partial charge in [0.05, 0.1) is 6.42 Å². The van der Waals surface area contributed by atoms with Crippen LogP contribution in [-0.2, 0) is 22.4 Å². The Labute approximate surface area is 175 Å². The third-order valence-electron chi connectivity index (χ3n) is 4.81. The van der Waals surface area contributed by atoms with Gasteiger partial charge < -0.3 is 10.2 Å². The van der Waals surface area contributed by atoms with E-state index in [0.717, 1.165) is 23.1 Å². The highest BCUT2D eigenvalue weighted by atomic mass is 16.2. The molecule has 2 amide bonds. The number of carbonyl (C=O) groups is 2. The number of benzene rings is 2. The topological polar surface area (TPSA) is 49.4 Å². The van der Waals surface area contributed by atoms with Crippen molar-refractivity contribution in [2.45, 2.75) is 65.5 Å². The molecule has 2 aromatic carbocycles. The SMILES string of the molecule is CC[C@@H](C(=O)NC(C)(C)C)N(CCc1ccccc1)C(=O)Cc1cccc(C)c1. The van der Waals surface area contributed by atoms with Crippen LogP contribution in [0.25, 0.3) is 0 Å². The summed E-state index contributed by atoms with van der Waals surface area (Å²) in [7, 11) is 0. The summed E-state index contributed by atoms with van der Waals surface area (Å²) < 4.78 is 0. The van der Waals surface area contributed by atoms with Crippen molar-refractivity contribution in [1.29, 1.82) is 0 Å². The van der Waals surface area contributed by atoms with E-state index in [1.807, 2.05) is 77.1 Å². The van der Waals surface area contributed by atoms with Gasteiger partial charge in [-0.2, -0.15) is 0 Å². The quantitative estimate of drug-likeness (QED) is 0.726. The van der Waals surface area contributed by atoms with Gasteiger partial charge in [-0.15, -0.1) is 0 Å². The number of hydrogen-bond acceptors (Lipinski definition) is 2. The van der Waals surface area contributed by atoms with Gasteiger partial charge in [0.2, 0.25) is 11.8 Å². The van der Waals surface area contributed by atoms with Crippen molar-refractivity contribution in [1.82, 2.24) is 10.2 Å². The van der Waals surface area contributed by atoms with Gasteiger partial charge in [-0.1, -0.05) is 67.1 Å². The molecule has 2 rings (SSSR count). The Morgan fingerprint density at radius 3 is 2.24 bits per heavy atom. The highest BCUT2D eigenvalue weighted by molar-refractivity contribution is 5.88. The fourth-order valence-corrected chi connectivity index (χ4v) is 3.45. The summed E-state index contributed by atoms with van der Waals surface area (Å²) in [4.78, 5) is 28.0. The molecular formula is C25H34N2O2. The van der Waals surface area contributed by atoms with Gasteiger partial charge in [-0.3, -0.25) is 9.59 Å². The Morgan fingerprint density at radius 2 is 1.66 bits per heavy atom. The molecule has 0 aliphatic heterocycles. The van der Waals surface area contributed by atoms with Crippen molar-refractivity contribution in [2.24, 2.45) is 0 Å². The Balaban J connectivity index is 2.22. The third-order valence-corrected chi connectivity index (χ3v) is 4.81. The minimum absolute atomic E-state index is 0.0116. The van der Waals surface area contributed by atoms with Crippen molar-refractivity contribution >= 4 is 11.8 Å². The Kier molecular flexibility index (Phi) is 8.00. The molecule has 1 N–H and O–H groups in total. The van der Waals surface area contributed by atoms with E-state index in [2.05, 4.69) is 17.4 Å². The van der Waals surface area contributed by atoms with Crippen LogP contribution in [0, 0.1) is 6.92 Å². The second-order valence-electron chi connectivity index (χ2n) is 8.65. The fourth-order valence-electron chi connectivity index (χ4n) is 3.45. The fraction of sp³-hybridized carbons (Fsp3) is 0.440. The molecule has 0 radical (unpaired) electrons. The standard InChI is InChI=1S/C25H34N2O2/c1-6-22(24(29)26-25(3,4)5)27(16-15-20-12-8-7-9-13-20)23(28)18-21-14-10-11-19(2)17-21/h7-14,17,22H,6,15-16,18H2,1-5H3,(H,26,29)/t22-/m0/s1. The van der Waals surface area contributed by atoms with Gasteiger partial charge in [-0.25, -0.2) is 0 Å². The van der Waals surface area contributed by atoms with E-state index in [9.17, 15) is 9.59 Å². The molecule has 0 aliphatic carbocycles. The Bertz CT molecular complexity index is 809. The minimum Gasteiger partial charge on any atom is -0.350 e. The van der Waals surface area contributed by atoms with E-state index in [-0.39, 0.29) is 17.4 Å². The minimum atomic E-state index is -0.477.